The summed E-state index contributed by atoms with van der Waals surface area (Å²) in [5.74, 6) is -0.141. The van der Waals surface area contributed by atoms with E-state index in [1.54, 1.807) is 12.1 Å². The molecule has 0 amide bonds. The molecule has 3 rings (SSSR count). The second kappa shape index (κ2) is 5.88. The second-order valence-corrected chi connectivity index (χ2v) is 5.57. The molecule has 0 saturated carbocycles. The molecule has 0 aliphatic carbocycles. The number of fused-ring (bicyclic) bond motifs is 1. The summed E-state index contributed by atoms with van der Waals surface area (Å²) in [6, 6.07) is 12.5. The zero-order chi connectivity index (χ0) is 14.8. The molecule has 0 saturated heterocycles. The van der Waals surface area contributed by atoms with Gasteiger partial charge in [-0.2, -0.15) is 0 Å². The molecule has 108 valence electrons. The van der Waals surface area contributed by atoms with Crippen molar-refractivity contribution in [1.29, 1.82) is 0 Å². The van der Waals surface area contributed by atoms with Crippen molar-refractivity contribution in [2.24, 2.45) is 5.73 Å². The number of hydrogen-bond donors (Lipinski definition) is 2. The van der Waals surface area contributed by atoms with E-state index in [4.69, 9.17) is 17.3 Å². The monoisotopic (exact) mass is 302 g/mol. The van der Waals surface area contributed by atoms with Crippen LogP contribution in [0.2, 0.25) is 5.02 Å². The molecular weight excluding hydrogens is 287 g/mol. The molecule has 0 radical (unpaired) electrons. The van der Waals surface area contributed by atoms with Crippen molar-refractivity contribution < 1.29 is 4.39 Å². The van der Waals surface area contributed by atoms with E-state index in [9.17, 15) is 4.39 Å². The van der Waals surface area contributed by atoms with Crippen molar-refractivity contribution in [3.8, 4) is 0 Å². The van der Waals surface area contributed by atoms with Crippen LogP contribution in [0.1, 0.15) is 17.0 Å². The van der Waals surface area contributed by atoms with Gasteiger partial charge in [-0.05, 0) is 48.4 Å². The molecule has 3 N–H and O–H groups in total. The Bertz CT molecular complexity index is 766. The van der Waals surface area contributed by atoms with Gasteiger partial charge in [0.25, 0.3) is 0 Å². The van der Waals surface area contributed by atoms with Gasteiger partial charge in [-0.3, -0.25) is 0 Å². The van der Waals surface area contributed by atoms with E-state index in [0.29, 0.717) is 6.54 Å². The second-order valence-electron chi connectivity index (χ2n) is 5.16. The number of aromatic nitrogens is 1. The standard InChI is InChI=1S/C17H16ClFN2/c18-16-4-2-1-3-11(16)7-12(9-20)15-10-21-17-6-5-13(19)8-14(15)17/h1-6,8,10,12,21H,7,9,20H2. The lowest BCUT2D eigenvalue weighted by Gasteiger charge is -2.15. The third-order valence-corrected chi connectivity index (χ3v) is 4.19. The lowest BCUT2D eigenvalue weighted by molar-refractivity contribution is 0.629. The van der Waals surface area contributed by atoms with E-state index in [-0.39, 0.29) is 11.7 Å². The van der Waals surface area contributed by atoms with E-state index in [1.807, 2.05) is 30.5 Å². The molecule has 1 aromatic heterocycles. The fourth-order valence-corrected chi connectivity index (χ4v) is 2.91. The third kappa shape index (κ3) is 2.80. The quantitative estimate of drug-likeness (QED) is 0.743. The van der Waals surface area contributed by atoms with Gasteiger partial charge in [-0.15, -0.1) is 0 Å². The molecule has 1 heterocycles. The summed E-state index contributed by atoms with van der Waals surface area (Å²) >= 11 is 6.22. The summed E-state index contributed by atoms with van der Waals surface area (Å²) in [5, 5.41) is 1.62. The lowest BCUT2D eigenvalue weighted by atomic mass is 9.91. The summed E-state index contributed by atoms with van der Waals surface area (Å²) in [7, 11) is 0. The third-order valence-electron chi connectivity index (χ3n) is 3.82. The maximum atomic E-state index is 13.5. The predicted octanol–water partition coefficient (Wildman–Crippen LogP) is 4.25. The Balaban J connectivity index is 1.99. The normalized spacial score (nSPS) is 12.7. The molecule has 0 bridgehead atoms. The van der Waals surface area contributed by atoms with Crippen LogP contribution in [-0.4, -0.2) is 11.5 Å². The molecule has 0 aliphatic heterocycles. The number of hydrogen-bond acceptors (Lipinski definition) is 1. The van der Waals surface area contributed by atoms with Crippen molar-refractivity contribution in [1.82, 2.24) is 4.98 Å². The first kappa shape index (κ1) is 14.1. The molecule has 4 heteroatoms. The molecule has 2 aromatic carbocycles. The summed E-state index contributed by atoms with van der Waals surface area (Å²) in [4.78, 5) is 3.18. The van der Waals surface area contributed by atoms with Crippen LogP contribution in [-0.2, 0) is 6.42 Å². The topological polar surface area (TPSA) is 41.8 Å². The lowest BCUT2D eigenvalue weighted by Crippen LogP contribution is -2.15. The fourth-order valence-electron chi connectivity index (χ4n) is 2.70. The van der Waals surface area contributed by atoms with Crippen LogP contribution in [0.3, 0.4) is 0 Å². The van der Waals surface area contributed by atoms with Crippen molar-refractivity contribution >= 4 is 22.5 Å². The summed E-state index contributed by atoms with van der Waals surface area (Å²) in [6.45, 7) is 0.481. The van der Waals surface area contributed by atoms with Crippen LogP contribution in [0.15, 0.2) is 48.7 Å². The molecule has 3 aromatic rings. The number of nitrogens with one attached hydrogen (secondary N) is 1. The van der Waals surface area contributed by atoms with Crippen LogP contribution in [0.5, 0.6) is 0 Å². The molecular formula is C17H16ClFN2. The Morgan fingerprint density at radius 2 is 2.00 bits per heavy atom. The number of benzene rings is 2. The van der Waals surface area contributed by atoms with Crippen molar-refractivity contribution in [3.05, 3.63) is 70.6 Å². The highest BCUT2D eigenvalue weighted by Crippen LogP contribution is 2.30. The van der Waals surface area contributed by atoms with Crippen molar-refractivity contribution in [2.45, 2.75) is 12.3 Å². The molecule has 0 fully saturated rings. The minimum atomic E-state index is -0.239. The number of nitrogens with two attached hydrogens (primary N) is 1. The highest BCUT2D eigenvalue weighted by Gasteiger charge is 2.16. The van der Waals surface area contributed by atoms with Crippen molar-refractivity contribution in [2.75, 3.05) is 6.54 Å². The van der Waals surface area contributed by atoms with Crippen LogP contribution < -0.4 is 5.73 Å². The Hall–Kier alpha value is -1.84. The van der Waals surface area contributed by atoms with Gasteiger partial charge in [0.1, 0.15) is 5.82 Å². The van der Waals surface area contributed by atoms with Gasteiger partial charge >= 0.3 is 0 Å². The first-order chi connectivity index (χ1) is 10.2. The first-order valence-corrected chi connectivity index (χ1v) is 7.27. The van der Waals surface area contributed by atoms with E-state index >= 15 is 0 Å². The average molecular weight is 303 g/mol. The average Bonchev–Trinajstić information content (AvgIpc) is 2.89. The highest BCUT2D eigenvalue weighted by atomic mass is 35.5. The molecule has 1 atom stereocenters. The maximum absolute atomic E-state index is 13.5. The van der Waals surface area contributed by atoms with Gasteiger partial charge < -0.3 is 10.7 Å². The smallest absolute Gasteiger partial charge is 0.123 e. The Labute approximate surface area is 127 Å². The van der Waals surface area contributed by atoms with E-state index < -0.39 is 0 Å². The predicted molar refractivity (Wildman–Crippen MR) is 85.2 cm³/mol. The molecule has 21 heavy (non-hydrogen) atoms. The van der Waals surface area contributed by atoms with Crippen LogP contribution in [0.4, 0.5) is 4.39 Å². The van der Waals surface area contributed by atoms with Gasteiger partial charge in [0, 0.05) is 28.0 Å². The summed E-state index contributed by atoms with van der Waals surface area (Å²) < 4.78 is 13.5. The number of halogens is 2. The van der Waals surface area contributed by atoms with Crippen LogP contribution in [0.25, 0.3) is 10.9 Å². The number of H-pyrrole nitrogens is 1. The Morgan fingerprint density at radius 3 is 2.76 bits per heavy atom. The van der Waals surface area contributed by atoms with Crippen LogP contribution >= 0.6 is 11.6 Å². The van der Waals surface area contributed by atoms with E-state index in [1.165, 1.54) is 6.07 Å². The molecule has 1 unspecified atom stereocenters. The Morgan fingerprint density at radius 1 is 1.19 bits per heavy atom. The summed E-state index contributed by atoms with van der Waals surface area (Å²) in [6.07, 6.45) is 2.65. The zero-order valence-electron chi connectivity index (χ0n) is 11.4. The van der Waals surface area contributed by atoms with Gasteiger partial charge in [0.15, 0.2) is 0 Å². The van der Waals surface area contributed by atoms with E-state index in [0.717, 1.165) is 33.5 Å². The molecule has 0 spiro atoms. The SMILES string of the molecule is NCC(Cc1ccccc1Cl)c1c[nH]c2ccc(F)cc12. The Kier molecular flexibility index (Phi) is 3.95. The minimum Gasteiger partial charge on any atom is -0.361 e. The van der Waals surface area contributed by atoms with Crippen molar-refractivity contribution in [3.63, 3.8) is 0 Å². The van der Waals surface area contributed by atoms with Gasteiger partial charge in [0.2, 0.25) is 0 Å². The minimum absolute atomic E-state index is 0.0976. The summed E-state index contributed by atoms with van der Waals surface area (Å²) in [5.41, 5.74) is 8.95. The highest BCUT2D eigenvalue weighted by molar-refractivity contribution is 6.31. The molecule has 0 aliphatic rings. The number of rotatable bonds is 4. The largest absolute Gasteiger partial charge is 0.361 e. The van der Waals surface area contributed by atoms with Gasteiger partial charge in [-0.1, -0.05) is 29.8 Å². The van der Waals surface area contributed by atoms with Crippen LogP contribution in [0, 0.1) is 5.82 Å². The zero-order valence-corrected chi connectivity index (χ0v) is 12.2. The fraction of sp³-hybridized carbons (Fsp3) is 0.176. The molecule has 2 nitrogen and oxygen atoms in total. The number of aromatic amines is 1. The van der Waals surface area contributed by atoms with Gasteiger partial charge in [0.05, 0.1) is 0 Å². The maximum Gasteiger partial charge on any atom is 0.123 e. The van der Waals surface area contributed by atoms with E-state index in [2.05, 4.69) is 4.98 Å². The van der Waals surface area contributed by atoms with Gasteiger partial charge in [-0.25, -0.2) is 4.39 Å². The first-order valence-electron chi connectivity index (χ1n) is 6.89.